The molecule has 0 atom stereocenters. The number of nitro groups is 1. The first-order valence-corrected chi connectivity index (χ1v) is 8.16. The molecule has 4 nitrogen and oxygen atoms in total. The molecule has 1 aromatic carbocycles. The third kappa shape index (κ3) is 3.67. The van der Waals surface area contributed by atoms with Crippen molar-refractivity contribution < 1.29 is 9.66 Å². The summed E-state index contributed by atoms with van der Waals surface area (Å²) < 4.78 is 6.60. The molecular formula is C14H18BrNO3S. The predicted octanol–water partition coefficient (Wildman–Crippen LogP) is 4.62. The zero-order chi connectivity index (χ0) is 14.6. The second-order valence-electron chi connectivity index (χ2n) is 5.38. The number of nitro benzene ring substituents is 1. The largest absolute Gasteiger partial charge is 0.492 e. The Balaban J connectivity index is 2.09. The van der Waals surface area contributed by atoms with E-state index in [2.05, 4.69) is 28.6 Å². The summed E-state index contributed by atoms with van der Waals surface area (Å²) in [5.74, 6) is 1.32. The topological polar surface area (TPSA) is 52.4 Å². The summed E-state index contributed by atoms with van der Waals surface area (Å²) in [5.41, 5.74) is 0.151. The van der Waals surface area contributed by atoms with Crippen molar-refractivity contribution in [3.05, 3.63) is 32.8 Å². The molecule has 1 aliphatic rings. The highest BCUT2D eigenvalue weighted by atomic mass is 79.9. The molecule has 1 fully saturated rings. The number of halogens is 1. The number of rotatable bonds is 5. The number of hydrogen-bond donors (Lipinski definition) is 1. The molecule has 0 heterocycles. The molecule has 110 valence electrons. The van der Waals surface area contributed by atoms with Crippen molar-refractivity contribution in [3.8, 4) is 5.75 Å². The minimum atomic E-state index is -0.408. The molecule has 0 bridgehead atoms. The van der Waals surface area contributed by atoms with Crippen LogP contribution in [0.15, 0.2) is 22.7 Å². The van der Waals surface area contributed by atoms with Gasteiger partial charge < -0.3 is 4.74 Å². The van der Waals surface area contributed by atoms with Crippen molar-refractivity contribution in [2.24, 2.45) is 5.41 Å². The first kappa shape index (κ1) is 15.6. The Morgan fingerprint density at radius 3 is 2.65 bits per heavy atom. The normalized spacial score (nSPS) is 17.7. The van der Waals surface area contributed by atoms with Crippen LogP contribution in [0.25, 0.3) is 0 Å². The molecule has 0 radical (unpaired) electrons. The van der Waals surface area contributed by atoms with E-state index in [1.165, 1.54) is 31.4 Å². The number of nitrogens with zero attached hydrogens (tertiary/aromatic N) is 1. The van der Waals surface area contributed by atoms with E-state index in [0.29, 0.717) is 12.4 Å². The fraction of sp³-hybridized carbons (Fsp3) is 0.571. The Morgan fingerprint density at radius 1 is 1.35 bits per heavy atom. The molecule has 6 heteroatoms. The lowest BCUT2D eigenvalue weighted by Crippen LogP contribution is -2.33. The van der Waals surface area contributed by atoms with Gasteiger partial charge in [-0.05, 0) is 40.6 Å². The van der Waals surface area contributed by atoms with E-state index in [-0.39, 0.29) is 11.1 Å². The molecule has 20 heavy (non-hydrogen) atoms. The second-order valence-corrected chi connectivity index (χ2v) is 6.55. The van der Waals surface area contributed by atoms with Crippen LogP contribution in [0.2, 0.25) is 0 Å². The number of ether oxygens (including phenoxy) is 1. The molecule has 2 rings (SSSR count). The SMILES string of the molecule is O=[N+]([O-])c1ccc(Br)c(OCC2(CS)CCCCC2)c1. The van der Waals surface area contributed by atoms with Crippen molar-refractivity contribution in [1.82, 2.24) is 0 Å². The van der Waals surface area contributed by atoms with Gasteiger partial charge in [0.2, 0.25) is 0 Å². The van der Waals surface area contributed by atoms with Crippen LogP contribution in [0, 0.1) is 15.5 Å². The van der Waals surface area contributed by atoms with Crippen molar-refractivity contribution in [3.63, 3.8) is 0 Å². The van der Waals surface area contributed by atoms with Gasteiger partial charge in [0.25, 0.3) is 5.69 Å². The maximum absolute atomic E-state index is 10.8. The minimum absolute atomic E-state index is 0.0479. The quantitative estimate of drug-likeness (QED) is 0.474. The fourth-order valence-corrected chi connectivity index (χ4v) is 3.37. The summed E-state index contributed by atoms with van der Waals surface area (Å²) in [6, 6.07) is 4.59. The van der Waals surface area contributed by atoms with Crippen molar-refractivity contribution >= 4 is 34.2 Å². The van der Waals surface area contributed by atoms with E-state index in [9.17, 15) is 10.1 Å². The van der Waals surface area contributed by atoms with Gasteiger partial charge >= 0.3 is 0 Å². The second kappa shape index (κ2) is 6.80. The molecule has 1 aromatic rings. The van der Waals surface area contributed by atoms with E-state index < -0.39 is 4.92 Å². The Kier molecular flexibility index (Phi) is 5.32. The zero-order valence-corrected chi connectivity index (χ0v) is 13.7. The first-order chi connectivity index (χ1) is 9.56. The molecule has 0 amide bonds. The van der Waals surface area contributed by atoms with Crippen LogP contribution in [0.4, 0.5) is 5.69 Å². The summed E-state index contributed by atoms with van der Waals surface area (Å²) in [4.78, 5) is 10.4. The van der Waals surface area contributed by atoms with Gasteiger partial charge in [-0.3, -0.25) is 10.1 Å². The van der Waals surface area contributed by atoms with Crippen LogP contribution in [-0.2, 0) is 0 Å². The van der Waals surface area contributed by atoms with Gasteiger partial charge in [0, 0.05) is 11.5 Å². The summed E-state index contributed by atoms with van der Waals surface area (Å²) in [6.07, 6.45) is 5.92. The lowest BCUT2D eigenvalue weighted by Gasteiger charge is -2.35. The van der Waals surface area contributed by atoms with E-state index >= 15 is 0 Å². The average Bonchev–Trinajstić information content (AvgIpc) is 2.47. The number of hydrogen-bond acceptors (Lipinski definition) is 4. The predicted molar refractivity (Wildman–Crippen MR) is 85.7 cm³/mol. The van der Waals surface area contributed by atoms with Crippen molar-refractivity contribution in [2.75, 3.05) is 12.4 Å². The Bertz CT molecular complexity index is 489. The van der Waals surface area contributed by atoms with Crippen molar-refractivity contribution in [2.45, 2.75) is 32.1 Å². The fourth-order valence-electron chi connectivity index (χ4n) is 2.60. The maximum Gasteiger partial charge on any atom is 0.273 e. The molecule has 1 saturated carbocycles. The number of non-ortho nitro benzene ring substituents is 1. The molecular weight excluding hydrogens is 342 g/mol. The average molecular weight is 360 g/mol. The lowest BCUT2D eigenvalue weighted by atomic mass is 9.76. The molecule has 0 spiro atoms. The van der Waals surface area contributed by atoms with E-state index in [1.807, 2.05) is 0 Å². The Hall–Kier alpha value is -0.750. The highest BCUT2D eigenvalue weighted by Gasteiger charge is 2.31. The molecule has 0 N–H and O–H groups in total. The Morgan fingerprint density at radius 2 is 2.05 bits per heavy atom. The minimum Gasteiger partial charge on any atom is -0.492 e. The van der Waals surface area contributed by atoms with Gasteiger partial charge in [-0.25, -0.2) is 0 Å². The van der Waals surface area contributed by atoms with E-state index in [0.717, 1.165) is 23.1 Å². The standard InChI is InChI=1S/C14H18BrNO3S/c15-12-5-4-11(16(17)18)8-13(12)19-9-14(10-20)6-2-1-3-7-14/h4-5,8,20H,1-3,6-7,9-10H2. The van der Waals surface area contributed by atoms with Gasteiger partial charge in [-0.1, -0.05) is 19.3 Å². The van der Waals surface area contributed by atoms with Gasteiger partial charge in [-0.15, -0.1) is 0 Å². The summed E-state index contributed by atoms with van der Waals surface area (Å²) in [7, 11) is 0. The van der Waals surface area contributed by atoms with Gasteiger partial charge in [0.05, 0.1) is 22.1 Å². The zero-order valence-electron chi connectivity index (χ0n) is 11.2. The monoisotopic (exact) mass is 359 g/mol. The van der Waals surface area contributed by atoms with Crippen LogP contribution in [0.5, 0.6) is 5.75 Å². The highest BCUT2D eigenvalue weighted by molar-refractivity contribution is 9.10. The third-order valence-electron chi connectivity index (χ3n) is 3.91. The molecule has 0 aromatic heterocycles. The maximum atomic E-state index is 10.8. The van der Waals surface area contributed by atoms with Crippen LogP contribution in [0.3, 0.4) is 0 Å². The lowest BCUT2D eigenvalue weighted by molar-refractivity contribution is -0.385. The first-order valence-electron chi connectivity index (χ1n) is 6.74. The molecule has 0 saturated heterocycles. The highest BCUT2D eigenvalue weighted by Crippen LogP contribution is 2.39. The van der Waals surface area contributed by atoms with Crippen LogP contribution in [0.1, 0.15) is 32.1 Å². The molecule has 0 unspecified atom stereocenters. The van der Waals surface area contributed by atoms with Crippen molar-refractivity contribution in [1.29, 1.82) is 0 Å². The van der Waals surface area contributed by atoms with Crippen LogP contribution in [-0.4, -0.2) is 17.3 Å². The number of benzene rings is 1. The van der Waals surface area contributed by atoms with Gasteiger partial charge in [-0.2, -0.15) is 12.6 Å². The summed E-state index contributed by atoms with van der Waals surface area (Å²) in [5, 5.41) is 10.8. The third-order valence-corrected chi connectivity index (χ3v) is 5.24. The number of thiol groups is 1. The Labute approximate surface area is 132 Å². The van der Waals surface area contributed by atoms with Crippen LogP contribution < -0.4 is 4.74 Å². The van der Waals surface area contributed by atoms with Crippen LogP contribution >= 0.6 is 28.6 Å². The molecule has 1 aliphatic carbocycles. The summed E-state index contributed by atoms with van der Waals surface area (Å²) >= 11 is 7.85. The van der Waals surface area contributed by atoms with Gasteiger partial charge in [0.15, 0.2) is 0 Å². The molecule has 0 aliphatic heterocycles. The smallest absolute Gasteiger partial charge is 0.273 e. The van der Waals surface area contributed by atoms with E-state index in [4.69, 9.17) is 4.74 Å². The summed E-state index contributed by atoms with van der Waals surface area (Å²) in [6.45, 7) is 0.566. The van der Waals surface area contributed by atoms with E-state index in [1.54, 1.807) is 6.07 Å². The van der Waals surface area contributed by atoms with Gasteiger partial charge in [0.1, 0.15) is 5.75 Å².